The SMILES string of the molecule is CCc1cccc(CC)c1NC(N)=NCc1ccc(COC)cc1.I. The molecule has 5 heteroatoms. The topological polar surface area (TPSA) is 59.6 Å². The average Bonchev–Trinajstić information content (AvgIpc) is 2.61. The van der Waals surface area contributed by atoms with Gasteiger partial charge in [-0.25, -0.2) is 4.99 Å². The summed E-state index contributed by atoms with van der Waals surface area (Å²) >= 11 is 0. The van der Waals surface area contributed by atoms with Gasteiger partial charge in [0.2, 0.25) is 0 Å². The van der Waals surface area contributed by atoms with Gasteiger partial charge >= 0.3 is 0 Å². The van der Waals surface area contributed by atoms with Crippen molar-refractivity contribution in [2.24, 2.45) is 10.7 Å². The lowest BCUT2D eigenvalue weighted by molar-refractivity contribution is 0.185. The number of hydrogen-bond donors (Lipinski definition) is 2. The van der Waals surface area contributed by atoms with Crippen LogP contribution in [0.4, 0.5) is 5.69 Å². The molecule has 2 aromatic carbocycles. The molecule has 0 aliphatic carbocycles. The molecule has 0 radical (unpaired) electrons. The number of nitrogens with zero attached hydrogens (tertiary/aromatic N) is 1. The summed E-state index contributed by atoms with van der Waals surface area (Å²) < 4.78 is 5.12. The van der Waals surface area contributed by atoms with Crippen LogP contribution in [0.15, 0.2) is 47.5 Å². The molecule has 4 nitrogen and oxygen atoms in total. The van der Waals surface area contributed by atoms with Crippen molar-refractivity contribution in [1.82, 2.24) is 0 Å². The van der Waals surface area contributed by atoms with E-state index in [-0.39, 0.29) is 24.0 Å². The lowest BCUT2D eigenvalue weighted by Gasteiger charge is -2.14. The third kappa shape index (κ3) is 6.32. The normalized spacial score (nSPS) is 11.1. The highest BCUT2D eigenvalue weighted by Gasteiger charge is 2.07. The van der Waals surface area contributed by atoms with Crippen molar-refractivity contribution in [3.05, 3.63) is 64.7 Å². The lowest BCUT2D eigenvalue weighted by Crippen LogP contribution is -2.24. The number of ether oxygens (including phenoxy) is 1. The third-order valence-corrected chi connectivity index (χ3v) is 4.02. The average molecular weight is 453 g/mol. The van der Waals surface area contributed by atoms with Crippen molar-refractivity contribution >= 4 is 35.6 Å². The number of aryl methyl sites for hydroxylation is 2. The third-order valence-electron chi connectivity index (χ3n) is 4.02. The van der Waals surface area contributed by atoms with Gasteiger partial charge < -0.3 is 15.8 Å². The van der Waals surface area contributed by atoms with Crippen LogP contribution in [-0.2, 0) is 30.7 Å². The predicted octanol–water partition coefficient (Wildman–Crippen LogP) is 4.50. The number of rotatable bonds is 7. The molecule has 0 unspecified atom stereocenters. The number of nitrogens with one attached hydrogen (secondary N) is 1. The van der Waals surface area contributed by atoms with Crippen LogP contribution in [0.2, 0.25) is 0 Å². The van der Waals surface area contributed by atoms with Crippen molar-refractivity contribution in [3.63, 3.8) is 0 Å². The first-order valence-electron chi connectivity index (χ1n) is 8.42. The van der Waals surface area contributed by atoms with E-state index in [1.54, 1.807) is 7.11 Å². The van der Waals surface area contributed by atoms with E-state index in [0.717, 1.165) is 29.7 Å². The maximum Gasteiger partial charge on any atom is 0.193 e. The molecule has 0 atom stereocenters. The van der Waals surface area contributed by atoms with Crippen LogP contribution in [0.25, 0.3) is 0 Å². The van der Waals surface area contributed by atoms with E-state index in [1.165, 1.54) is 11.1 Å². The largest absolute Gasteiger partial charge is 0.380 e. The second kappa shape index (κ2) is 11.1. The highest BCUT2D eigenvalue weighted by atomic mass is 127. The number of aliphatic imine (C=N–C) groups is 1. The van der Waals surface area contributed by atoms with Crippen molar-refractivity contribution in [3.8, 4) is 0 Å². The Morgan fingerprint density at radius 2 is 1.56 bits per heavy atom. The fourth-order valence-electron chi connectivity index (χ4n) is 2.65. The van der Waals surface area contributed by atoms with Gasteiger partial charge in [0.1, 0.15) is 0 Å². The lowest BCUT2D eigenvalue weighted by atomic mass is 10.0. The number of hydrogen-bond acceptors (Lipinski definition) is 2. The molecule has 0 amide bonds. The van der Waals surface area contributed by atoms with Crippen LogP contribution in [0.1, 0.15) is 36.1 Å². The molecule has 0 bridgehead atoms. The Kier molecular flexibility index (Phi) is 9.52. The molecule has 0 saturated carbocycles. The van der Waals surface area contributed by atoms with Gasteiger partial charge in [-0.2, -0.15) is 0 Å². The number of halogens is 1. The van der Waals surface area contributed by atoms with Crippen LogP contribution in [0.3, 0.4) is 0 Å². The molecule has 0 aromatic heterocycles. The Hall–Kier alpha value is -1.60. The molecule has 136 valence electrons. The van der Waals surface area contributed by atoms with Crippen LogP contribution in [0.5, 0.6) is 0 Å². The molecule has 3 N–H and O–H groups in total. The van der Waals surface area contributed by atoms with Crippen LogP contribution in [0, 0.1) is 0 Å². The Labute approximate surface area is 167 Å². The summed E-state index contributed by atoms with van der Waals surface area (Å²) in [7, 11) is 1.70. The van der Waals surface area contributed by atoms with Gasteiger partial charge in [0, 0.05) is 12.8 Å². The maximum atomic E-state index is 6.10. The fourth-order valence-corrected chi connectivity index (χ4v) is 2.65. The second-order valence-electron chi connectivity index (χ2n) is 5.73. The molecule has 0 aliphatic heterocycles. The quantitative estimate of drug-likeness (QED) is 0.369. The summed E-state index contributed by atoms with van der Waals surface area (Å²) in [5, 5.41) is 3.29. The van der Waals surface area contributed by atoms with Gasteiger partial charge in [-0.1, -0.05) is 56.3 Å². The number of benzene rings is 2. The van der Waals surface area contributed by atoms with E-state index in [0.29, 0.717) is 19.1 Å². The van der Waals surface area contributed by atoms with E-state index in [1.807, 2.05) is 0 Å². The molecule has 0 aliphatic rings. The minimum atomic E-state index is 0. The number of anilines is 1. The maximum absolute atomic E-state index is 6.10. The number of para-hydroxylation sites is 1. The van der Waals surface area contributed by atoms with Gasteiger partial charge in [-0.15, -0.1) is 24.0 Å². The molecule has 2 rings (SSSR count). The monoisotopic (exact) mass is 453 g/mol. The minimum Gasteiger partial charge on any atom is -0.380 e. The minimum absolute atomic E-state index is 0. The highest BCUT2D eigenvalue weighted by Crippen LogP contribution is 2.22. The predicted molar refractivity (Wildman–Crippen MR) is 117 cm³/mol. The Balaban J connectivity index is 0.00000312. The van der Waals surface area contributed by atoms with Crippen molar-refractivity contribution in [2.75, 3.05) is 12.4 Å². The summed E-state index contributed by atoms with van der Waals surface area (Å²) in [6.07, 6.45) is 1.93. The van der Waals surface area contributed by atoms with E-state index in [9.17, 15) is 0 Å². The van der Waals surface area contributed by atoms with Gasteiger partial charge in [0.15, 0.2) is 5.96 Å². The van der Waals surface area contributed by atoms with Gasteiger partial charge in [0.25, 0.3) is 0 Å². The molecule has 0 spiro atoms. The van der Waals surface area contributed by atoms with Gasteiger partial charge in [0.05, 0.1) is 13.2 Å². The van der Waals surface area contributed by atoms with Crippen molar-refractivity contribution in [1.29, 1.82) is 0 Å². The Bertz CT molecular complexity index is 662. The van der Waals surface area contributed by atoms with Gasteiger partial charge in [-0.05, 0) is 35.1 Å². The first-order valence-corrected chi connectivity index (χ1v) is 8.42. The first kappa shape index (κ1) is 21.4. The summed E-state index contributed by atoms with van der Waals surface area (Å²) in [5.74, 6) is 0.451. The zero-order chi connectivity index (χ0) is 17.4. The molecule has 25 heavy (non-hydrogen) atoms. The van der Waals surface area contributed by atoms with Gasteiger partial charge in [-0.3, -0.25) is 0 Å². The number of nitrogens with two attached hydrogens (primary N) is 1. The summed E-state index contributed by atoms with van der Waals surface area (Å²) in [5.41, 5.74) is 12.0. The molecule has 0 fully saturated rings. The second-order valence-corrected chi connectivity index (χ2v) is 5.73. The smallest absolute Gasteiger partial charge is 0.193 e. The van der Waals surface area contributed by atoms with Crippen LogP contribution < -0.4 is 11.1 Å². The summed E-state index contributed by atoms with van der Waals surface area (Å²) in [6.45, 7) is 5.48. The molecule has 2 aromatic rings. The van der Waals surface area contributed by atoms with E-state index in [2.05, 4.69) is 66.6 Å². The van der Waals surface area contributed by atoms with Crippen molar-refractivity contribution in [2.45, 2.75) is 39.8 Å². The Morgan fingerprint density at radius 3 is 2.08 bits per heavy atom. The fraction of sp³-hybridized carbons (Fsp3) is 0.350. The number of methoxy groups -OCH3 is 1. The first-order chi connectivity index (χ1) is 11.7. The zero-order valence-electron chi connectivity index (χ0n) is 15.2. The standard InChI is InChI=1S/C20H27N3O.HI/c1-4-17-7-6-8-18(5-2)19(17)23-20(21)22-13-15-9-11-16(12-10-15)14-24-3;/h6-12H,4-5,13-14H2,1-3H3,(H3,21,22,23);1H. The van der Waals surface area contributed by atoms with Crippen LogP contribution in [-0.4, -0.2) is 13.1 Å². The Morgan fingerprint density at radius 1 is 1.00 bits per heavy atom. The summed E-state index contributed by atoms with van der Waals surface area (Å²) in [6, 6.07) is 14.6. The van der Waals surface area contributed by atoms with E-state index < -0.39 is 0 Å². The zero-order valence-corrected chi connectivity index (χ0v) is 17.5. The van der Waals surface area contributed by atoms with E-state index >= 15 is 0 Å². The summed E-state index contributed by atoms with van der Waals surface area (Å²) in [4.78, 5) is 4.47. The molecule has 0 saturated heterocycles. The molecule has 0 heterocycles. The molecular weight excluding hydrogens is 425 g/mol. The van der Waals surface area contributed by atoms with Crippen molar-refractivity contribution < 1.29 is 4.74 Å². The number of guanidine groups is 1. The highest BCUT2D eigenvalue weighted by molar-refractivity contribution is 14.0. The molecular formula is C20H28IN3O. The van der Waals surface area contributed by atoms with E-state index in [4.69, 9.17) is 10.5 Å². The van der Waals surface area contributed by atoms with Crippen LogP contribution >= 0.6 is 24.0 Å².